The number of rotatable bonds is 2. The molecule has 1 aliphatic heterocycles. The first-order valence-electron chi connectivity index (χ1n) is 4.62. The van der Waals surface area contributed by atoms with E-state index in [1.807, 2.05) is 30.0 Å². The van der Waals surface area contributed by atoms with Gasteiger partial charge in [-0.3, -0.25) is 0 Å². The Morgan fingerprint density at radius 1 is 1.21 bits per heavy atom. The first kappa shape index (κ1) is 9.41. The van der Waals surface area contributed by atoms with Crippen molar-refractivity contribution in [3.63, 3.8) is 0 Å². The molecule has 2 atom stereocenters. The number of hydrogen-bond acceptors (Lipinski definition) is 2. The highest BCUT2D eigenvalue weighted by molar-refractivity contribution is 8.00. The summed E-state index contributed by atoms with van der Waals surface area (Å²) in [6, 6.07) is 8.61. The second kappa shape index (κ2) is 3.93. The van der Waals surface area contributed by atoms with E-state index in [1.165, 1.54) is 10.6 Å². The molecule has 0 saturated carbocycles. The maximum atomic E-state index is 3.85. The van der Waals surface area contributed by atoms with Crippen LogP contribution >= 0.6 is 11.8 Å². The lowest BCUT2D eigenvalue weighted by Crippen LogP contribution is -2.31. The molecule has 0 radical (unpaired) electrons. The number of benzene rings is 1. The highest BCUT2D eigenvalue weighted by Crippen LogP contribution is 2.38. The number of thioether (sulfide) groups is 1. The largest absolute Gasteiger partial charge is 0.376 e. The van der Waals surface area contributed by atoms with E-state index in [0.29, 0.717) is 5.25 Å². The van der Waals surface area contributed by atoms with E-state index in [9.17, 15) is 0 Å². The van der Waals surface area contributed by atoms with E-state index in [0.717, 1.165) is 0 Å². The lowest BCUT2D eigenvalue weighted by atomic mass is 10.1. The molecule has 0 aromatic heterocycles. The third-order valence-electron chi connectivity index (χ3n) is 2.31. The maximum absolute atomic E-state index is 3.85. The summed E-state index contributed by atoms with van der Waals surface area (Å²) in [7, 11) is 0. The summed E-state index contributed by atoms with van der Waals surface area (Å²) < 4.78 is 0. The van der Waals surface area contributed by atoms with Crippen LogP contribution in [-0.2, 0) is 0 Å². The van der Waals surface area contributed by atoms with Crippen molar-refractivity contribution >= 4 is 17.4 Å². The molecular formula is C12H13NS. The Morgan fingerprint density at radius 2 is 2.00 bits per heavy atom. The van der Waals surface area contributed by atoms with Crippen molar-refractivity contribution in [2.45, 2.75) is 16.2 Å². The molecular weight excluding hydrogens is 190 g/mol. The molecule has 0 spiro atoms. The van der Waals surface area contributed by atoms with Crippen LogP contribution in [0.4, 0.5) is 5.69 Å². The fourth-order valence-electron chi connectivity index (χ4n) is 1.56. The molecule has 2 unspecified atom stereocenters. The minimum absolute atomic E-state index is 0.285. The zero-order valence-electron chi connectivity index (χ0n) is 7.94. The Bertz CT molecular complexity index is 324. The average Bonchev–Trinajstić information content (AvgIpc) is 2.27. The first-order valence-corrected chi connectivity index (χ1v) is 5.50. The highest BCUT2D eigenvalue weighted by Gasteiger charge is 2.23. The summed E-state index contributed by atoms with van der Waals surface area (Å²) >= 11 is 1.84. The van der Waals surface area contributed by atoms with E-state index in [4.69, 9.17) is 0 Å². The number of fused-ring (bicyclic) bond motifs is 1. The molecule has 14 heavy (non-hydrogen) atoms. The van der Waals surface area contributed by atoms with Crippen LogP contribution in [0.2, 0.25) is 0 Å². The lowest BCUT2D eigenvalue weighted by Gasteiger charge is -2.30. The van der Waals surface area contributed by atoms with E-state index in [-0.39, 0.29) is 6.04 Å². The number of hydrogen-bond donors (Lipinski definition) is 1. The predicted molar refractivity (Wildman–Crippen MR) is 63.9 cm³/mol. The zero-order valence-corrected chi connectivity index (χ0v) is 8.76. The Hall–Kier alpha value is -1.15. The zero-order chi connectivity index (χ0) is 9.97. The summed E-state index contributed by atoms with van der Waals surface area (Å²) in [4.78, 5) is 1.29. The molecule has 0 aliphatic carbocycles. The topological polar surface area (TPSA) is 12.0 Å². The molecule has 0 fully saturated rings. The van der Waals surface area contributed by atoms with Gasteiger partial charge in [-0.25, -0.2) is 0 Å². The van der Waals surface area contributed by atoms with Gasteiger partial charge in [0.2, 0.25) is 0 Å². The van der Waals surface area contributed by atoms with Gasteiger partial charge in [0.15, 0.2) is 0 Å². The predicted octanol–water partition coefficient (Wildman–Crippen LogP) is 3.31. The standard InChI is InChI=1S/C12H13NS/c1-3-9-11(4-2)14-12-8-6-5-7-10(12)13-9/h3-9,11,13H,1-2H2. The van der Waals surface area contributed by atoms with Crippen LogP contribution in [0, 0.1) is 0 Å². The molecule has 1 aromatic rings. The highest BCUT2D eigenvalue weighted by atomic mass is 32.2. The van der Waals surface area contributed by atoms with Gasteiger partial charge in [-0.15, -0.1) is 24.9 Å². The Kier molecular flexibility index (Phi) is 2.64. The molecule has 1 nitrogen and oxygen atoms in total. The number of para-hydroxylation sites is 1. The van der Waals surface area contributed by atoms with Crippen molar-refractivity contribution in [3.8, 4) is 0 Å². The van der Waals surface area contributed by atoms with Gasteiger partial charge < -0.3 is 5.32 Å². The van der Waals surface area contributed by atoms with Gasteiger partial charge in [0.25, 0.3) is 0 Å². The maximum Gasteiger partial charge on any atom is 0.0599 e. The van der Waals surface area contributed by atoms with Crippen LogP contribution in [0.1, 0.15) is 0 Å². The Labute approximate surface area is 88.9 Å². The molecule has 1 aromatic carbocycles. The Balaban J connectivity index is 2.33. The number of anilines is 1. The van der Waals surface area contributed by atoms with E-state index in [1.54, 1.807) is 0 Å². The second-order valence-corrected chi connectivity index (χ2v) is 4.44. The lowest BCUT2D eigenvalue weighted by molar-refractivity contribution is 0.893. The van der Waals surface area contributed by atoms with Gasteiger partial charge in [0.05, 0.1) is 11.3 Å². The minimum atomic E-state index is 0.285. The Morgan fingerprint density at radius 3 is 2.71 bits per heavy atom. The summed E-state index contributed by atoms with van der Waals surface area (Å²) in [5.74, 6) is 0. The quantitative estimate of drug-likeness (QED) is 0.740. The van der Waals surface area contributed by atoms with Gasteiger partial charge in [0, 0.05) is 10.6 Å². The van der Waals surface area contributed by atoms with E-state index < -0.39 is 0 Å². The van der Waals surface area contributed by atoms with Gasteiger partial charge in [-0.1, -0.05) is 24.3 Å². The third kappa shape index (κ3) is 1.58. The third-order valence-corrected chi connectivity index (χ3v) is 3.68. The van der Waals surface area contributed by atoms with Gasteiger partial charge in [-0.05, 0) is 12.1 Å². The first-order chi connectivity index (χ1) is 6.85. The summed E-state index contributed by atoms with van der Waals surface area (Å²) in [5.41, 5.74) is 1.19. The second-order valence-electron chi connectivity index (χ2n) is 3.22. The molecule has 0 bridgehead atoms. The molecule has 72 valence electrons. The minimum Gasteiger partial charge on any atom is -0.376 e. The van der Waals surface area contributed by atoms with Crippen molar-refractivity contribution < 1.29 is 0 Å². The normalized spacial score (nSPS) is 24.6. The molecule has 2 heteroatoms. The van der Waals surface area contributed by atoms with E-state index >= 15 is 0 Å². The fourth-order valence-corrected chi connectivity index (χ4v) is 2.68. The SMILES string of the molecule is C=CC1Nc2ccccc2SC1C=C. The van der Waals surface area contributed by atoms with Crippen LogP contribution in [0.15, 0.2) is 54.5 Å². The van der Waals surface area contributed by atoms with Gasteiger partial charge >= 0.3 is 0 Å². The van der Waals surface area contributed by atoms with Crippen LogP contribution in [-0.4, -0.2) is 11.3 Å². The van der Waals surface area contributed by atoms with Crippen LogP contribution < -0.4 is 5.32 Å². The smallest absolute Gasteiger partial charge is 0.0599 e. The van der Waals surface area contributed by atoms with Crippen LogP contribution in [0.3, 0.4) is 0 Å². The molecule has 0 amide bonds. The van der Waals surface area contributed by atoms with Crippen molar-refractivity contribution in [3.05, 3.63) is 49.6 Å². The fraction of sp³-hybridized carbons (Fsp3) is 0.167. The number of nitrogens with one attached hydrogen (secondary N) is 1. The van der Waals surface area contributed by atoms with Crippen molar-refractivity contribution in [2.75, 3.05) is 5.32 Å². The van der Waals surface area contributed by atoms with Crippen LogP contribution in [0.5, 0.6) is 0 Å². The van der Waals surface area contributed by atoms with Crippen molar-refractivity contribution in [2.24, 2.45) is 0 Å². The van der Waals surface area contributed by atoms with Crippen molar-refractivity contribution in [1.82, 2.24) is 0 Å². The molecule has 1 N–H and O–H groups in total. The monoisotopic (exact) mass is 203 g/mol. The summed E-state index contributed by atoms with van der Waals surface area (Å²) in [6.07, 6.45) is 3.91. The summed E-state index contributed by atoms with van der Waals surface area (Å²) in [5, 5.41) is 3.81. The summed E-state index contributed by atoms with van der Waals surface area (Å²) in [6.45, 7) is 7.68. The van der Waals surface area contributed by atoms with Crippen LogP contribution in [0.25, 0.3) is 0 Å². The molecule has 1 aliphatic rings. The van der Waals surface area contributed by atoms with Gasteiger partial charge in [0.1, 0.15) is 0 Å². The molecule has 0 saturated heterocycles. The van der Waals surface area contributed by atoms with Crippen molar-refractivity contribution in [1.29, 1.82) is 0 Å². The van der Waals surface area contributed by atoms with E-state index in [2.05, 4.69) is 36.7 Å². The average molecular weight is 203 g/mol. The molecule has 2 rings (SSSR count). The molecule has 1 heterocycles. The van der Waals surface area contributed by atoms with Gasteiger partial charge in [-0.2, -0.15) is 0 Å².